The van der Waals surface area contributed by atoms with Gasteiger partial charge in [-0.05, 0) is 84.8 Å². The van der Waals surface area contributed by atoms with E-state index in [1.54, 1.807) is 0 Å². The first-order valence-corrected chi connectivity index (χ1v) is 15.5. The van der Waals surface area contributed by atoms with Crippen molar-refractivity contribution in [3.05, 3.63) is 150 Å². The topological polar surface area (TPSA) is 30.9 Å². The van der Waals surface area contributed by atoms with E-state index in [2.05, 4.69) is 152 Å². The number of aromatic nitrogens is 1. The predicted octanol–water partition coefficient (Wildman–Crippen LogP) is 10.5. The van der Waals surface area contributed by atoms with Crippen molar-refractivity contribution < 1.29 is 0 Å². The van der Waals surface area contributed by atoms with Crippen LogP contribution in [0.1, 0.15) is 30.5 Å². The van der Waals surface area contributed by atoms with E-state index in [-0.39, 0.29) is 5.41 Å². The maximum atomic E-state index is 5.95. The molecule has 2 N–H and O–H groups in total. The Labute approximate surface area is 257 Å². The lowest BCUT2D eigenvalue weighted by molar-refractivity contribution is 0.670. The van der Waals surface area contributed by atoms with Crippen molar-refractivity contribution in [1.82, 2.24) is 4.57 Å². The summed E-state index contributed by atoms with van der Waals surface area (Å²) in [7, 11) is 0. The molecule has 0 radical (unpaired) electrons. The fourth-order valence-electron chi connectivity index (χ4n) is 8.04. The number of rotatable bonds is 3. The van der Waals surface area contributed by atoms with Gasteiger partial charge in [-0.3, -0.25) is 0 Å². The Morgan fingerprint density at radius 2 is 1.20 bits per heavy atom. The van der Waals surface area contributed by atoms with Crippen LogP contribution in [-0.2, 0) is 12.0 Å². The Balaban J connectivity index is 1.37. The second-order valence-electron chi connectivity index (χ2n) is 12.7. The van der Waals surface area contributed by atoms with Crippen LogP contribution < -0.4 is 5.73 Å². The van der Waals surface area contributed by atoms with Gasteiger partial charge in [0.15, 0.2) is 0 Å². The summed E-state index contributed by atoms with van der Waals surface area (Å²) in [4.78, 5) is 0. The fourth-order valence-corrected chi connectivity index (χ4v) is 8.04. The molecular formula is C42H32N2. The first-order chi connectivity index (χ1) is 21.6. The highest BCUT2D eigenvalue weighted by atomic mass is 15.0. The first kappa shape index (κ1) is 25.3. The maximum Gasteiger partial charge on any atom is 0.0588 e. The minimum absolute atomic E-state index is 0.206. The molecule has 0 atom stereocenters. The average Bonchev–Trinajstić information content (AvgIpc) is 3.54. The summed E-state index contributed by atoms with van der Waals surface area (Å²) in [6, 6.07) is 49.1. The van der Waals surface area contributed by atoms with Crippen molar-refractivity contribution in [3.63, 3.8) is 0 Å². The minimum Gasteiger partial charge on any atom is -0.326 e. The van der Waals surface area contributed by atoms with Crippen LogP contribution in [0.4, 0.5) is 0 Å². The molecule has 0 unspecified atom stereocenters. The van der Waals surface area contributed by atoms with Crippen LogP contribution in [0.2, 0.25) is 0 Å². The van der Waals surface area contributed by atoms with E-state index >= 15 is 0 Å². The van der Waals surface area contributed by atoms with E-state index in [1.807, 2.05) is 0 Å². The monoisotopic (exact) mass is 564 g/mol. The van der Waals surface area contributed by atoms with Crippen LogP contribution in [0.5, 0.6) is 0 Å². The lowest BCUT2D eigenvalue weighted by Crippen LogP contribution is -2.17. The number of hydrogen-bond acceptors (Lipinski definition) is 1. The molecule has 0 fully saturated rings. The highest BCUT2D eigenvalue weighted by Gasteiger charge is 2.41. The molecule has 1 aliphatic rings. The van der Waals surface area contributed by atoms with Crippen molar-refractivity contribution in [2.24, 2.45) is 5.73 Å². The smallest absolute Gasteiger partial charge is 0.0588 e. The molecule has 2 nitrogen and oxygen atoms in total. The molecule has 0 spiro atoms. The summed E-state index contributed by atoms with van der Waals surface area (Å²) in [5.74, 6) is 0. The Bertz CT molecular complexity index is 2440. The zero-order valence-corrected chi connectivity index (χ0v) is 24.9. The summed E-state index contributed by atoms with van der Waals surface area (Å²) < 4.78 is 2.50. The van der Waals surface area contributed by atoms with E-state index in [4.69, 9.17) is 5.73 Å². The van der Waals surface area contributed by atoms with Gasteiger partial charge >= 0.3 is 0 Å². The van der Waals surface area contributed by atoms with Gasteiger partial charge in [0, 0.05) is 28.4 Å². The molecule has 0 saturated carbocycles. The van der Waals surface area contributed by atoms with Crippen LogP contribution in [0.15, 0.2) is 133 Å². The molecule has 7 aromatic carbocycles. The summed E-state index contributed by atoms with van der Waals surface area (Å²) in [6.45, 7) is 5.39. The predicted molar refractivity (Wildman–Crippen MR) is 187 cm³/mol. The van der Waals surface area contributed by atoms with Crippen molar-refractivity contribution in [2.45, 2.75) is 25.8 Å². The Morgan fingerprint density at radius 1 is 0.545 bits per heavy atom. The largest absolute Gasteiger partial charge is 0.326 e. The number of benzene rings is 7. The van der Waals surface area contributed by atoms with E-state index in [0.29, 0.717) is 6.54 Å². The quantitative estimate of drug-likeness (QED) is 0.213. The highest BCUT2D eigenvalue weighted by molar-refractivity contribution is 6.21. The van der Waals surface area contributed by atoms with Gasteiger partial charge in [0.25, 0.3) is 0 Å². The standard InChI is InChI=1S/C42H32N2/c1-42(2)39-34-16-6-4-13-31(34)30-12-3-5-15-33(30)38(39)36-23-22-35-32-14-7-8-17-37(32)44(41(35)40(36)42)29-20-18-27(19-21-29)28-11-9-10-26(24-28)25-43/h3-24H,25,43H2,1-2H3. The van der Waals surface area contributed by atoms with Gasteiger partial charge in [0.05, 0.1) is 11.0 Å². The molecule has 0 bridgehead atoms. The molecule has 0 saturated heterocycles. The third-order valence-electron chi connectivity index (χ3n) is 9.91. The fraction of sp³-hybridized carbons (Fsp3) is 0.0952. The number of hydrogen-bond donors (Lipinski definition) is 1. The average molecular weight is 565 g/mol. The molecule has 0 amide bonds. The number of fused-ring (bicyclic) bond motifs is 12. The Hall–Kier alpha value is -5.18. The van der Waals surface area contributed by atoms with Crippen LogP contribution in [0.3, 0.4) is 0 Å². The third-order valence-corrected chi connectivity index (χ3v) is 9.91. The third kappa shape index (κ3) is 3.35. The van der Waals surface area contributed by atoms with Crippen molar-refractivity contribution in [1.29, 1.82) is 0 Å². The summed E-state index contributed by atoms with van der Waals surface area (Å²) in [6.07, 6.45) is 0. The van der Waals surface area contributed by atoms with Crippen molar-refractivity contribution in [3.8, 4) is 27.9 Å². The summed E-state index contributed by atoms with van der Waals surface area (Å²) >= 11 is 0. The van der Waals surface area contributed by atoms with E-state index in [1.165, 1.54) is 82.4 Å². The summed E-state index contributed by atoms with van der Waals surface area (Å²) in [5, 5.41) is 7.91. The molecule has 9 rings (SSSR count). The molecule has 2 heteroatoms. The molecular weight excluding hydrogens is 532 g/mol. The zero-order chi connectivity index (χ0) is 29.6. The van der Waals surface area contributed by atoms with Gasteiger partial charge in [-0.2, -0.15) is 0 Å². The number of para-hydroxylation sites is 1. The van der Waals surface area contributed by atoms with Gasteiger partial charge in [0.1, 0.15) is 0 Å². The molecule has 210 valence electrons. The zero-order valence-electron chi connectivity index (χ0n) is 24.9. The molecule has 1 aromatic heterocycles. The molecule has 8 aromatic rings. The number of nitrogens with zero attached hydrogens (tertiary/aromatic N) is 1. The van der Waals surface area contributed by atoms with Gasteiger partial charge in [0.2, 0.25) is 0 Å². The van der Waals surface area contributed by atoms with E-state index < -0.39 is 0 Å². The van der Waals surface area contributed by atoms with Gasteiger partial charge < -0.3 is 10.3 Å². The van der Waals surface area contributed by atoms with Crippen LogP contribution in [0, 0.1) is 0 Å². The van der Waals surface area contributed by atoms with Gasteiger partial charge in [-0.25, -0.2) is 0 Å². The van der Waals surface area contributed by atoms with Crippen molar-refractivity contribution >= 4 is 43.4 Å². The lowest BCUT2D eigenvalue weighted by atomic mass is 9.78. The van der Waals surface area contributed by atoms with E-state index in [9.17, 15) is 0 Å². The molecule has 0 aliphatic heterocycles. The first-order valence-electron chi connectivity index (χ1n) is 15.5. The lowest BCUT2D eigenvalue weighted by Gasteiger charge is -2.25. The van der Waals surface area contributed by atoms with Crippen LogP contribution >= 0.6 is 0 Å². The van der Waals surface area contributed by atoms with Crippen molar-refractivity contribution in [2.75, 3.05) is 0 Å². The normalized spacial score (nSPS) is 13.6. The number of nitrogens with two attached hydrogens (primary N) is 1. The maximum absolute atomic E-state index is 5.95. The Morgan fingerprint density at radius 3 is 1.95 bits per heavy atom. The van der Waals surface area contributed by atoms with Crippen LogP contribution in [0.25, 0.3) is 71.3 Å². The highest BCUT2D eigenvalue weighted by Crippen LogP contribution is 2.57. The van der Waals surface area contributed by atoms with Crippen LogP contribution in [-0.4, -0.2) is 4.57 Å². The second-order valence-corrected chi connectivity index (χ2v) is 12.7. The molecule has 1 aliphatic carbocycles. The molecule has 1 heterocycles. The summed E-state index contributed by atoms with van der Waals surface area (Å²) in [5.41, 5.74) is 18.5. The minimum atomic E-state index is -0.206. The van der Waals surface area contributed by atoms with E-state index in [0.717, 1.165) is 5.56 Å². The second kappa shape index (κ2) is 9.16. The molecule has 44 heavy (non-hydrogen) atoms. The van der Waals surface area contributed by atoms with Gasteiger partial charge in [-0.15, -0.1) is 0 Å². The SMILES string of the molecule is CC1(C)c2c(c3ccccc3c3ccccc23)-c2ccc3c4ccccc4n(-c4ccc(-c5cccc(CN)c5)cc4)c3c21. The van der Waals surface area contributed by atoms with Gasteiger partial charge in [-0.1, -0.05) is 123 Å². The Kier molecular flexibility index (Phi) is 5.27.